The summed E-state index contributed by atoms with van der Waals surface area (Å²) >= 11 is 0. The summed E-state index contributed by atoms with van der Waals surface area (Å²) < 4.78 is 1.83. The first-order chi connectivity index (χ1) is 8.78. The van der Waals surface area contributed by atoms with Crippen molar-refractivity contribution in [1.82, 2.24) is 14.8 Å². The van der Waals surface area contributed by atoms with Gasteiger partial charge in [-0.15, -0.1) is 0 Å². The highest BCUT2D eigenvalue weighted by Gasteiger charge is 2.05. The van der Waals surface area contributed by atoms with Crippen LogP contribution in [0.5, 0.6) is 0 Å². The summed E-state index contributed by atoms with van der Waals surface area (Å²) in [5, 5.41) is 16.3. The van der Waals surface area contributed by atoms with Crippen molar-refractivity contribution in [3.63, 3.8) is 0 Å². The van der Waals surface area contributed by atoms with E-state index in [9.17, 15) is 4.79 Å². The number of nitriles is 1. The van der Waals surface area contributed by atoms with Crippen molar-refractivity contribution in [3.05, 3.63) is 58.5 Å². The molecule has 0 aliphatic rings. The number of nitrogens with zero attached hydrogens (tertiary/aromatic N) is 3. The number of H-pyrrole nitrogens is 1. The summed E-state index contributed by atoms with van der Waals surface area (Å²) in [4.78, 5) is 11.0. The van der Waals surface area contributed by atoms with Gasteiger partial charge in [0.05, 0.1) is 17.1 Å². The van der Waals surface area contributed by atoms with Crippen LogP contribution in [0.4, 0.5) is 0 Å². The molecular weight excluding hydrogens is 228 g/mol. The lowest BCUT2D eigenvalue weighted by Gasteiger charge is -2.03. The lowest BCUT2D eigenvalue weighted by atomic mass is 10.2. The Kier molecular flexibility index (Phi) is 2.21. The summed E-state index contributed by atoms with van der Waals surface area (Å²) in [6.45, 7) is 0. The number of hydrogen-bond donors (Lipinski definition) is 1. The van der Waals surface area contributed by atoms with Gasteiger partial charge in [0.1, 0.15) is 0 Å². The normalized spacial score (nSPS) is 10.4. The molecule has 0 atom stereocenters. The molecule has 5 heteroatoms. The molecule has 86 valence electrons. The molecule has 2 heterocycles. The van der Waals surface area contributed by atoms with Crippen molar-refractivity contribution in [2.24, 2.45) is 0 Å². The largest absolute Gasteiger partial charge is 0.300 e. The molecule has 18 heavy (non-hydrogen) atoms. The van der Waals surface area contributed by atoms with Gasteiger partial charge >= 0.3 is 0 Å². The van der Waals surface area contributed by atoms with Crippen LogP contribution in [0, 0.1) is 11.3 Å². The lowest BCUT2D eigenvalue weighted by Crippen LogP contribution is -2.08. The van der Waals surface area contributed by atoms with E-state index in [1.807, 2.05) is 22.9 Å². The van der Waals surface area contributed by atoms with Crippen LogP contribution in [0.1, 0.15) is 5.56 Å². The highest BCUT2D eigenvalue weighted by atomic mass is 16.1. The van der Waals surface area contributed by atoms with Crippen molar-refractivity contribution in [3.8, 4) is 11.9 Å². The minimum Gasteiger partial charge on any atom is -0.300 e. The third kappa shape index (κ3) is 1.57. The highest BCUT2D eigenvalue weighted by Crippen LogP contribution is 2.19. The van der Waals surface area contributed by atoms with Crippen molar-refractivity contribution in [1.29, 1.82) is 5.26 Å². The fraction of sp³-hybridized carbons (Fsp3) is 0. The van der Waals surface area contributed by atoms with E-state index in [0.717, 1.165) is 10.9 Å². The van der Waals surface area contributed by atoms with Crippen molar-refractivity contribution in [2.45, 2.75) is 0 Å². The van der Waals surface area contributed by atoms with E-state index < -0.39 is 0 Å². The minimum atomic E-state index is -0.243. The Morgan fingerprint density at radius 2 is 2.11 bits per heavy atom. The standard InChI is InChI=1S/C13H8N4O/c14-8-9-1-2-10-5-6-17(11(10)7-9)12-3-4-13(18)16-15-12/h1-7H,(H,16,18). The van der Waals surface area contributed by atoms with Gasteiger partial charge in [0, 0.05) is 17.6 Å². The quantitative estimate of drug-likeness (QED) is 0.697. The second kappa shape index (κ2) is 3.86. The molecule has 0 bridgehead atoms. The van der Waals surface area contributed by atoms with Crippen molar-refractivity contribution in [2.75, 3.05) is 0 Å². The maximum Gasteiger partial charge on any atom is 0.264 e. The molecule has 0 aliphatic carbocycles. The van der Waals surface area contributed by atoms with E-state index in [1.165, 1.54) is 6.07 Å². The maximum absolute atomic E-state index is 11.0. The molecule has 3 rings (SSSR count). The molecule has 0 radical (unpaired) electrons. The molecular formula is C13H8N4O. The average molecular weight is 236 g/mol. The summed E-state index contributed by atoms with van der Waals surface area (Å²) in [7, 11) is 0. The van der Waals surface area contributed by atoms with Crippen LogP contribution in [0.25, 0.3) is 16.7 Å². The molecule has 0 spiro atoms. The van der Waals surface area contributed by atoms with Gasteiger partial charge in [-0.2, -0.15) is 10.4 Å². The summed E-state index contributed by atoms with van der Waals surface area (Å²) in [6, 6.07) is 12.5. The molecule has 5 nitrogen and oxygen atoms in total. The predicted octanol–water partition coefficient (Wildman–Crippen LogP) is 1.59. The van der Waals surface area contributed by atoms with Crippen LogP contribution in [-0.2, 0) is 0 Å². The third-order valence-electron chi connectivity index (χ3n) is 2.73. The molecule has 0 saturated heterocycles. The van der Waals surface area contributed by atoms with E-state index >= 15 is 0 Å². The van der Waals surface area contributed by atoms with Crippen LogP contribution in [0.2, 0.25) is 0 Å². The van der Waals surface area contributed by atoms with Crippen molar-refractivity contribution < 1.29 is 0 Å². The SMILES string of the molecule is N#Cc1ccc2ccn(-c3ccc(=O)[nH]n3)c2c1. The zero-order valence-corrected chi connectivity index (χ0v) is 9.29. The van der Waals surface area contributed by atoms with Crippen LogP contribution < -0.4 is 5.56 Å². The van der Waals surface area contributed by atoms with Gasteiger partial charge in [-0.05, 0) is 24.3 Å². The molecule has 0 unspecified atom stereocenters. The van der Waals surface area contributed by atoms with E-state index in [4.69, 9.17) is 5.26 Å². The Bertz CT molecular complexity index is 802. The van der Waals surface area contributed by atoms with Gasteiger partial charge in [0.2, 0.25) is 0 Å². The average Bonchev–Trinajstić information content (AvgIpc) is 2.82. The highest BCUT2D eigenvalue weighted by molar-refractivity contribution is 5.82. The molecule has 1 aromatic carbocycles. The first-order valence-electron chi connectivity index (χ1n) is 5.35. The molecule has 3 aromatic rings. The predicted molar refractivity (Wildman–Crippen MR) is 66.4 cm³/mol. The summed E-state index contributed by atoms with van der Waals surface area (Å²) in [5.74, 6) is 0.611. The van der Waals surface area contributed by atoms with Crippen LogP contribution in [0.15, 0.2) is 47.4 Å². The Balaban J connectivity index is 2.26. The number of hydrogen-bond acceptors (Lipinski definition) is 3. The second-order valence-corrected chi connectivity index (χ2v) is 3.85. The third-order valence-corrected chi connectivity index (χ3v) is 2.73. The first kappa shape index (κ1) is 10.3. The first-order valence-corrected chi connectivity index (χ1v) is 5.35. The molecule has 0 saturated carbocycles. The Morgan fingerprint density at radius 3 is 2.83 bits per heavy atom. The number of aromatic nitrogens is 3. The topological polar surface area (TPSA) is 74.5 Å². The lowest BCUT2D eigenvalue weighted by molar-refractivity contribution is 0.913. The molecule has 0 fully saturated rings. The summed E-state index contributed by atoms with van der Waals surface area (Å²) in [6.07, 6.45) is 1.85. The van der Waals surface area contributed by atoms with Gasteiger partial charge in [-0.3, -0.25) is 9.36 Å². The monoisotopic (exact) mass is 236 g/mol. The van der Waals surface area contributed by atoms with E-state index in [0.29, 0.717) is 11.4 Å². The Labute approximate surface area is 102 Å². The number of aromatic amines is 1. The fourth-order valence-electron chi connectivity index (χ4n) is 1.87. The summed E-state index contributed by atoms with van der Waals surface area (Å²) in [5.41, 5.74) is 1.23. The van der Waals surface area contributed by atoms with Crippen LogP contribution in [-0.4, -0.2) is 14.8 Å². The van der Waals surface area contributed by atoms with E-state index in [1.54, 1.807) is 18.2 Å². The molecule has 0 aliphatic heterocycles. The smallest absolute Gasteiger partial charge is 0.264 e. The number of nitrogens with one attached hydrogen (secondary N) is 1. The fourth-order valence-corrected chi connectivity index (χ4v) is 1.87. The molecule has 0 amide bonds. The van der Waals surface area contributed by atoms with Gasteiger partial charge in [0.25, 0.3) is 5.56 Å². The second-order valence-electron chi connectivity index (χ2n) is 3.85. The maximum atomic E-state index is 11.0. The van der Waals surface area contributed by atoms with Crippen LogP contribution >= 0.6 is 0 Å². The number of fused-ring (bicyclic) bond motifs is 1. The van der Waals surface area contributed by atoms with Gasteiger partial charge in [-0.25, -0.2) is 5.10 Å². The molecule has 2 aromatic heterocycles. The number of rotatable bonds is 1. The van der Waals surface area contributed by atoms with E-state index in [-0.39, 0.29) is 5.56 Å². The zero-order valence-electron chi connectivity index (χ0n) is 9.29. The Morgan fingerprint density at radius 1 is 1.22 bits per heavy atom. The molecule has 1 N–H and O–H groups in total. The van der Waals surface area contributed by atoms with E-state index in [2.05, 4.69) is 16.3 Å². The van der Waals surface area contributed by atoms with Gasteiger partial charge in [-0.1, -0.05) is 6.07 Å². The number of benzene rings is 1. The Hall–Kier alpha value is -2.87. The minimum absolute atomic E-state index is 0.243. The van der Waals surface area contributed by atoms with Crippen molar-refractivity contribution >= 4 is 10.9 Å². The van der Waals surface area contributed by atoms with Crippen LogP contribution in [0.3, 0.4) is 0 Å². The zero-order chi connectivity index (χ0) is 12.5. The van der Waals surface area contributed by atoms with Gasteiger partial charge < -0.3 is 0 Å². The van der Waals surface area contributed by atoms with Gasteiger partial charge in [0.15, 0.2) is 5.82 Å².